The maximum atomic E-state index is 12.8. The van der Waals surface area contributed by atoms with E-state index in [4.69, 9.17) is 23.7 Å². The molecule has 8 nitrogen and oxygen atoms in total. The maximum absolute atomic E-state index is 12.8. The highest BCUT2D eigenvalue weighted by Crippen LogP contribution is 2.26. The number of hydrogen-bond acceptors (Lipinski definition) is 8. The molecule has 34 heavy (non-hydrogen) atoms. The van der Waals surface area contributed by atoms with Gasteiger partial charge in [0.25, 0.3) is 0 Å². The smallest absolute Gasteiger partial charge is 0.347 e. The number of methoxy groups -OCH3 is 2. The Labute approximate surface area is 196 Å². The zero-order chi connectivity index (χ0) is 24.7. The summed E-state index contributed by atoms with van der Waals surface area (Å²) in [5.74, 6) is -0.697. The normalized spacial score (nSPS) is 10.1. The Balaban J connectivity index is 1.86. The third kappa shape index (κ3) is 6.01. The molecule has 3 aromatic rings. The lowest BCUT2D eigenvalue weighted by Crippen LogP contribution is -2.16. The molecule has 3 rings (SSSR count). The van der Waals surface area contributed by atoms with Crippen molar-refractivity contribution in [2.24, 2.45) is 0 Å². The molecule has 0 unspecified atom stereocenters. The van der Waals surface area contributed by atoms with Crippen molar-refractivity contribution in [3.8, 4) is 28.7 Å². The lowest BCUT2D eigenvalue weighted by atomic mass is 10.1. The van der Waals surface area contributed by atoms with Crippen LogP contribution in [0.5, 0.6) is 28.7 Å². The van der Waals surface area contributed by atoms with Gasteiger partial charge in [0.15, 0.2) is 0 Å². The van der Waals surface area contributed by atoms with Gasteiger partial charge in [-0.1, -0.05) is 6.58 Å². The van der Waals surface area contributed by atoms with Crippen molar-refractivity contribution in [2.75, 3.05) is 14.2 Å². The van der Waals surface area contributed by atoms with Crippen molar-refractivity contribution < 1.29 is 38.1 Å². The molecular weight excluding hydrogens is 440 g/mol. The highest BCUT2D eigenvalue weighted by Gasteiger charge is 2.21. The first kappa shape index (κ1) is 24.1. The van der Waals surface area contributed by atoms with Crippen LogP contribution in [-0.2, 0) is 4.79 Å². The molecule has 0 aromatic heterocycles. The van der Waals surface area contributed by atoms with Crippen LogP contribution in [0.3, 0.4) is 0 Å². The van der Waals surface area contributed by atoms with E-state index in [2.05, 4.69) is 6.58 Å². The van der Waals surface area contributed by atoms with Crippen molar-refractivity contribution in [1.82, 2.24) is 0 Å². The van der Waals surface area contributed by atoms with E-state index in [1.807, 2.05) is 0 Å². The minimum Gasteiger partial charge on any atom is -0.497 e. The second kappa shape index (κ2) is 10.8. The molecule has 0 saturated carbocycles. The van der Waals surface area contributed by atoms with Crippen LogP contribution in [0.25, 0.3) is 0 Å². The molecule has 0 heterocycles. The first-order valence-electron chi connectivity index (χ1n) is 10.0. The van der Waals surface area contributed by atoms with Crippen molar-refractivity contribution >= 4 is 17.9 Å². The van der Waals surface area contributed by atoms with E-state index in [1.165, 1.54) is 39.3 Å². The largest absolute Gasteiger partial charge is 0.497 e. The molecule has 174 valence electrons. The second-order valence-corrected chi connectivity index (χ2v) is 7.01. The molecule has 8 heteroatoms. The topological polar surface area (TPSA) is 97.4 Å². The summed E-state index contributed by atoms with van der Waals surface area (Å²) in [4.78, 5) is 37.5. The van der Waals surface area contributed by atoms with Crippen molar-refractivity contribution in [2.45, 2.75) is 6.92 Å². The molecule has 0 bridgehead atoms. The molecule has 3 aromatic carbocycles. The molecular formula is C26H22O8. The number of benzene rings is 3. The van der Waals surface area contributed by atoms with Crippen LogP contribution >= 0.6 is 0 Å². The van der Waals surface area contributed by atoms with E-state index in [1.54, 1.807) is 48.5 Å². The van der Waals surface area contributed by atoms with E-state index >= 15 is 0 Å². The van der Waals surface area contributed by atoms with Crippen LogP contribution in [0.1, 0.15) is 27.6 Å². The zero-order valence-electron chi connectivity index (χ0n) is 18.8. The Morgan fingerprint density at radius 2 is 1.12 bits per heavy atom. The highest BCUT2D eigenvalue weighted by atomic mass is 16.6. The van der Waals surface area contributed by atoms with Gasteiger partial charge in [-0.15, -0.1) is 0 Å². The zero-order valence-corrected chi connectivity index (χ0v) is 18.8. The van der Waals surface area contributed by atoms with Crippen molar-refractivity contribution in [3.63, 3.8) is 0 Å². The van der Waals surface area contributed by atoms with Gasteiger partial charge >= 0.3 is 17.9 Å². The lowest BCUT2D eigenvalue weighted by Gasteiger charge is -2.12. The quantitative estimate of drug-likeness (QED) is 0.272. The molecule has 0 aliphatic rings. The van der Waals surface area contributed by atoms with Gasteiger partial charge in [0.05, 0.1) is 19.8 Å². The Bertz CT molecular complexity index is 1210. The molecule has 0 amide bonds. The average molecular weight is 462 g/mol. The van der Waals surface area contributed by atoms with Crippen molar-refractivity contribution in [3.05, 3.63) is 90.0 Å². The highest BCUT2D eigenvalue weighted by molar-refractivity contribution is 5.99. The van der Waals surface area contributed by atoms with E-state index < -0.39 is 17.9 Å². The second-order valence-electron chi connectivity index (χ2n) is 7.01. The predicted molar refractivity (Wildman–Crippen MR) is 123 cm³/mol. The monoisotopic (exact) mass is 462 g/mol. The third-order valence-corrected chi connectivity index (χ3v) is 4.53. The maximum Gasteiger partial charge on any atom is 0.347 e. The molecule has 0 aliphatic carbocycles. The minimum atomic E-state index is -0.787. The fourth-order valence-corrected chi connectivity index (χ4v) is 2.70. The van der Waals surface area contributed by atoms with Gasteiger partial charge in [-0.3, -0.25) is 0 Å². The Hall–Kier alpha value is -4.59. The molecule has 0 spiro atoms. The Morgan fingerprint density at radius 3 is 1.59 bits per heavy atom. The molecule has 0 saturated heterocycles. The van der Waals surface area contributed by atoms with E-state index in [0.717, 1.165) is 0 Å². The number of esters is 3. The number of rotatable bonds is 8. The number of ether oxygens (including phenoxy) is 5. The summed E-state index contributed by atoms with van der Waals surface area (Å²) in [5, 5.41) is 0. The first-order valence-corrected chi connectivity index (χ1v) is 10.0. The average Bonchev–Trinajstić information content (AvgIpc) is 2.84. The number of hydrogen-bond donors (Lipinski definition) is 0. The fraction of sp³-hybridized carbons (Fsp3) is 0.115. The van der Waals surface area contributed by atoms with Gasteiger partial charge in [0.1, 0.15) is 34.3 Å². The van der Waals surface area contributed by atoms with Crippen molar-refractivity contribution in [1.29, 1.82) is 0 Å². The number of carbonyl (C=O) groups is 3. The van der Waals surface area contributed by atoms with Crippen LogP contribution < -0.4 is 23.7 Å². The summed E-state index contributed by atoms with van der Waals surface area (Å²) in [6.07, 6.45) is 0. The number of carbonyl (C=O) groups excluding carboxylic acids is 3. The third-order valence-electron chi connectivity index (χ3n) is 4.53. The Morgan fingerprint density at radius 1 is 0.647 bits per heavy atom. The van der Waals surface area contributed by atoms with E-state index in [9.17, 15) is 14.4 Å². The minimum absolute atomic E-state index is 0.0568. The van der Waals surface area contributed by atoms with Gasteiger partial charge in [0, 0.05) is 5.57 Å². The summed E-state index contributed by atoms with van der Waals surface area (Å²) in [6, 6.07) is 16.7. The van der Waals surface area contributed by atoms with Crippen LogP contribution in [0.4, 0.5) is 0 Å². The molecule has 0 N–H and O–H groups in total. The summed E-state index contributed by atoms with van der Waals surface area (Å²) in [6.45, 7) is 4.99. The molecule has 0 atom stereocenters. The summed E-state index contributed by atoms with van der Waals surface area (Å²) >= 11 is 0. The molecule has 0 fully saturated rings. The van der Waals surface area contributed by atoms with Crippen LogP contribution in [-0.4, -0.2) is 32.1 Å². The van der Waals surface area contributed by atoms with Gasteiger partial charge in [-0.05, 0) is 73.7 Å². The van der Waals surface area contributed by atoms with Crippen LogP contribution in [0.15, 0.2) is 78.9 Å². The lowest BCUT2D eigenvalue weighted by molar-refractivity contribution is -0.130. The summed E-state index contributed by atoms with van der Waals surface area (Å²) in [5.41, 5.74) is 0.105. The first-order chi connectivity index (χ1) is 16.3. The van der Waals surface area contributed by atoms with Gasteiger partial charge in [0.2, 0.25) is 0 Å². The van der Waals surface area contributed by atoms with E-state index in [-0.39, 0.29) is 33.9 Å². The molecule has 0 radical (unpaired) electrons. The Kier molecular flexibility index (Phi) is 7.66. The standard InChI is InChI=1S/C26H22O8/c1-16(2)24(27)34-23-15-17(25(28)32-20-10-6-18(30-3)7-11-20)5-14-22(23)26(29)33-21-12-8-19(31-4)9-13-21/h5-15H,1H2,2-4H3. The van der Waals surface area contributed by atoms with Gasteiger partial charge in [-0.2, -0.15) is 0 Å². The molecule has 0 aliphatic heterocycles. The fourth-order valence-electron chi connectivity index (χ4n) is 2.70. The predicted octanol–water partition coefficient (Wildman–Crippen LogP) is 4.62. The van der Waals surface area contributed by atoms with Crippen LogP contribution in [0, 0.1) is 0 Å². The summed E-state index contributed by atoms with van der Waals surface area (Å²) < 4.78 is 26.2. The van der Waals surface area contributed by atoms with Crippen LogP contribution in [0.2, 0.25) is 0 Å². The van der Waals surface area contributed by atoms with E-state index in [0.29, 0.717) is 11.5 Å². The van der Waals surface area contributed by atoms with Gasteiger partial charge < -0.3 is 23.7 Å². The van der Waals surface area contributed by atoms with Gasteiger partial charge in [-0.25, -0.2) is 14.4 Å². The summed E-state index contributed by atoms with van der Waals surface area (Å²) in [7, 11) is 3.04. The SMILES string of the molecule is C=C(C)C(=O)Oc1cc(C(=O)Oc2ccc(OC)cc2)ccc1C(=O)Oc1ccc(OC)cc1.